The second-order valence-corrected chi connectivity index (χ2v) is 4.28. The van der Waals surface area contributed by atoms with Crippen molar-refractivity contribution in [2.75, 3.05) is 5.73 Å². The number of rotatable bonds is 3. The van der Waals surface area contributed by atoms with Crippen molar-refractivity contribution >= 4 is 22.3 Å². The van der Waals surface area contributed by atoms with Gasteiger partial charge in [-0.3, -0.25) is 4.79 Å². The van der Waals surface area contributed by atoms with E-state index in [0.717, 1.165) is 5.69 Å². The van der Waals surface area contributed by atoms with E-state index in [-0.39, 0.29) is 17.6 Å². The zero-order valence-electron chi connectivity index (χ0n) is 8.07. The number of ketones is 1. The van der Waals surface area contributed by atoms with Gasteiger partial charge in [0.15, 0.2) is 5.13 Å². The first kappa shape index (κ1) is 10.2. The second kappa shape index (κ2) is 3.87. The van der Waals surface area contributed by atoms with Crippen molar-refractivity contribution < 1.29 is 4.79 Å². The van der Waals surface area contributed by atoms with E-state index in [0.29, 0.717) is 5.13 Å². The molecular formula is C9H14N2OS. The summed E-state index contributed by atoms with van der Waals surface area (Å²) in [7, 11) is 0. The third kappa shape index (κ3) is 2.28. The number of anilines is 1. The Morgan fingerprint density at radius 1 is 1.54 bits per heavy atom. The average molecular weight is 198 g/mol. The van der Waals surface area contributed by atoms with Crippen LogP contribution in [0.15, 0.2) is 5.38 Å². The third-order valence-corrected chi connectivity index (χ3v) is 2.67. The van der Waals surface area contributed by atoms with Crippen molar-refractivity contribution in [2.45, 2.75) is 26.7 Å². The van der Waals surface area contributed by atoms with Gasteiger partial charge in [0, 0.05) is 11.3 Å². The van der Waals surface area contributed by atoms with Gasteiger partial charge in [-0.25, -0.2) is 4.98 Å². The summed E-state index contributed by atoms with van der Waals surface area (Å²) in [6.07, 6.45) is 0. The van der Waals surface area contributed by atoms with Crippen LogP contribution in [0.25, 0.3) is 0 Å². The summed E-state index contributed by atoms with van der Waals surface area (Å²) in [6, 6.07) is 0. The Bertz CT molecular complexity index is 306. The number of nitrogen functional groups attached to an aromatic ring is 1. The largest absolute Gasteiger partial charge is 0.375 e. The van der Waals surface area contributed by atoms with Crippen LogP contribution in [0.1, 0.15) is 32.4 Å². The molecule has 1 atom stereocenters. The summed E-state index contributed by atoms with van der Waals surface area (Å²) in [5, 5.41) is 2.37. The van der Waals surface area contributed by atoms with Gasteiger partial charge in [0.25, 0.3) is 0 Å². The Kier molecular flexibility index (Phi) is 3.03. The molecule has 0 unspecified atom stereocenters. The molecule has 0 bridgehead atoms. The van der Waals surface area contributed by atoms with Gasteiger partial charge in [-0.15, -0.1) is 11.3 Å². The second-order valence-electron chi connectivity index (χ2n) is 3.39. The van der Waals surface area contributed by atoms with Gasteiger partial charge in [-0.1, -0.05) is 13.8 Å². The van der Waals surface area contributed by atoms with Crippen molar-refractivity contribution in [1.29, 1.82) is 0 Å². The Balaban J connectivity index is 2.79. The maximum absolute atomic E-state index is 11.6. The van der Waals surface area contributed by atoms with Crippen molar-refractivity contribution in [3.05, 3.63) is 11.1 Å². The highest BCUT2D eigenvalue weighted by Crippen LogP contribution is 2.22. The SMILES string of the molecule is CC(C)C(=O)[C@@H](C)c1csc(N)n1. The van der Waals surface area contributed by atoms with E-state index in [1.54, 1.807) is 0 Å². The molecule has 72 valence electrons. The number of nitrogens with zero attached hydrogens (tertiary/aromatic N) is 1. The number of carbonyl (C=O) groups excluding carboxylic acids is 1. The third-order valence-electron chi connectivity index (χ3n) is 1.98. The Labute approximate surface area is 82.0 Å². The number of hydrogen-bond acceptors (Lipinski definition) is 4. The summed E-state index contributed by atoms with van der Waals surface area (Å²) < 4.78 is 0. The molecule has 0 fully saturated rings. The maximum atomic E-state index is 11.6. The van der Waals surface area contributed by atoms with Crippen LogP contribution in [-0.2, 0) is 4.79 Å². The molecule has 1 aromatic rings. The van der Waals surface area contributed by atoms with Gasteiger partial charge in [0.1, 0.15) is 5.78 Å². The molecule has 3 nitrogen and oxygen atoms in total. The molecule has 4 heteroatoms. The molecule has 1 heterocycles. The fraction of sp³-hybridized carbons (Fsp3) is 0.556. The summed E-state index contributed by atoms with van der Waals surface area (Å²) in [5.74, 6) is 0.136. The van der Waals surface area contributed by atoms with Crippen molar-refractivity contribution in [3.8, 4) is 0 Å². The molecule has 0 aliphatic carbocycles. The van der Waals surface area contributed by atoms with Gasteiger partial charge in [-0.2, -0.15) is 0 Å². The van der Waals surface area contributed by atoms with E-state index < -0.39 is 0 Å². The zero-order chi connectivity index (χ0) is 10.0. The van der Waals surface area contributed by atoms with E-state index in [4.69, 9.17) is 5.73 Å². The molecule has 0 aromatic carbocycles. The number of carbonyl (C=O) groups is 1. The lowest BCUT2D eigenvalue weighted by atomic mass is 9.95. The summed E-state index contributed by atoms with van der Waals surface area (Å²) in [6.45, 7) is 5.67. The lowest BCUT2D eigenvalue weighted by molar-refractivity contribution is -0.123. The molecule has 2 N–H and O–H groups in total. The van der Waals surface area contributed by atoms with E-state index in [1.165, 1.54) is 11.3 Å². The van der Waals surface area contributed by atoms with Crippen LogP contribution >= 0.6 is 11.3 Å². The first-order chi connectivity index (χ1) is 6.02. The van der Waals surface area contributed by atoms with Crippen molar-refractivity contribution in [3.63, 3.8) is 0 Å². The first-order valence-electron chi connectivity index (χ1n) is 4.27. The van der Waals surface area contributed by atoms with Gasteiger partial charge in [-0.05, 0) is 6.92 Å². The quantitative estimate of drug-likeness (QED) is 0.808. The predicted octanol–water partition coefficient (Wildman–Crippen LogP) is 2.05. The molecule has 0 radical (unpaired) electrons. The fourth-order valence-corrected chi connectivity index (χ4v) is 1.80. The van der Waals surface area contributed by atoms with E-state index in [9.17, 15) is 4.79 Å². The highest BCUT2D eigenvalue weighted by molar-refractivity contribution is 7.13. The van der Waals surface area contributed by atoms with Gasteiger partial charge in [0.2, 0.25) is 0 Å². The van der Waals surface area contributed by atoms with Crippen LogP contribution in [0, 0.1) is 5.92 Å². The summed E-state index contributed by atoms with van der Waals surface area (Å²) >= 11 is 1.38. The minimum atomic E-state index is -0.131. The molecule has 0 amide bonds. The van der Waals surface area contributed by atoms with Crippen LogP contribution in [0.5, 0.6) is 0 Å². The first-order valence-corrected chi connectivity index (χ1v) is 5.15. The van der Waals surface area contributed by atoms with E-state index >= 15 is 0 Å². The van der Waals surface area contributed by atoms with E-state index in [2.05, 4.69) is 4.98 Å². The number of hydrogen-bond donors (Lipinski definition) is 1. The minimum absolute atomic E-state index is 0.0536. The summed E-state index contributed by atoms with van der Waals surface area (Å²) in [5.41, 5.74) is 6.28. The molecular weight excluding hydrogens is 184 g/mol. The zero-order valence-corrected chi connectivity index (χ0v) is 8.89. The number of thiazole rings is 1. The van der Waals surface area contributed by atoms with Crippen molar-refractivity contribution in [2.24, 2.45) is 5.92 Å². The normalized spacial score (nSPS) is 13.2. The molecule has 0 spiro atoms. The standard InChI is InChI=1S/C9H14N2OS/c1-5(2)8(12)6(3)7-4-13-9(10)11-7/h4-6H,1-3H3,(H2,10,11)/t6-/m0/s1. The number of aromatic nitrogens is 1. The molecule has 0 aliphatic heterocycles. The highest BCUT2D eigenvalue weighted by Gasteiger charge is 2.20. The van der Waals surface area contributed by atoms with Crippen molar-refractivity contribution in [1.82, 2.24) is 4.98 Å². The molecule has 0 saturated heterocycles. The minimum Gasteiger partial charge on any atom is -0.375 e. The Morgan fingerprint density at radius 3 is 2.54 bits per heavy atom. The summed E-state index contributed by atoms with van der Waals surface area (Å²) in [4.78, 5) is 15.7. The topological polar surface area (TPSA) is 56.0 Å². The van der Waals surface area contributed by atoms with Crippen LogP contribution in [0.3, 0.4) is 0 Å². The molecule has 0 saturated carbocycles. The number of Topliss-reactive ketones (excluding diaryl/α,β-unsaturated/α-hetero) is 1. The fourth-order valence-electron chi connectivity index (χ4n) is 1.15. The number of nitrogens with two attached hydrogens (primary N) is 1. The van der Waals surface area contributed by atoms with Crippen LogP contribution < -0.4 is 5.73 Å². The van der Waals surface area contributed by atoms with Crippen LogP contribution in [-0.4, -0.2) is 10.8 Å². The highest BCUT2D eigenvalue weighted by atomic mass is 32.1. The average Bonchev–Trinajstić information content (AvgIpc) is 2.49. The van der Waals surface area contributed by atoms with Gasteiger partial charge in [0.05, 0.1) is 11.6 Å². The molecule has 0 aliphatic rings. The Morgan fingerprint density at radius 2 is 2.15 bits per heavy atom. The van der Waals surface area contributed by atoms with E-state index in [1.807, 2.05) is 26.2 Å². The smallest absolute Gasteiger partial charge is 0.180 e. The van der Waals surface area contributed by atoms with Crippen LogP contribution in [0.2, 0.25) is 0 Å². The molecule has 1 rings (SSSR count). The lowest BCUT2D eigenvalue weighted by Gasteiger charge is -2.09. The van der Waals surface area contributed by atoms with Crippen LogP contribution in [0.4, 0.5) is 5.13 Å². The predicted molar refractivity (Wildman–Crippen MR) is 54.8 cm³/mol. The maximum Gasteiger partial charge on any atom is 0.180 e. The molecule has 1 aromatic heterocycles. The monoisotopic (exact) mass is 198 g/mol. The lowest BCUT2D eigenvalue weighted by Crippen LogP contribution is -2.15. The Hall–Kier alpha value is -0.900. The molecule has 13 heavy (non-hydrogen) atoms. The van der Waals surface area contributed by atoms with Gasteiger partial charge < -0.3 is 5.73 Å². The van der Waals surface area contributed by atoms with Gasteiger partial charge >= 0.3 is 0 Å².